The monoisotopic (exact) mass is 669 g/mol. The maximum Gasteiger partial charge on any atom is 0.160 e. The predicted molar refractivity (Wildman–Crippen MR) is 199 cm³/mol. The van der Waals surface area contributed by atoms with Crippen LogP contribution in [0.25, 0.3) is 0 Å². The molecule has 0 bridgehead atoms. The average Bonchev–Trinajstić information content (AvgIpc) is 3.08. The van der Waals surface area contributed by atoms with Crippen LogP contribution in [-0.2, 0) is 11.8 Å². The van der Waals surface area contributed by atoms with Crippen LogP contribution in [0.2, 0.25) is 0 Å². The lowest BCUT2D eigenvalue weighted by molar-refractivity contribution is 0.337. The molecule has 2 unspecified atom stereocenters. The number of aryl methyl sites for hydroxylation is 1. The van der Waals surface area contributed by atoms with E-state index in [1.165, 1.54) is 82.6 Å². The van der Waals surface area contributed by atoms with E-state index in [0.717, 1.165) is 67.8 Å². The number of hydrogen-bond donors (Lipinski definition) is 0. The number of ether oxygens (including phenoxy) is 3. The van der Waals surface area contributed by atoms with Crippen LogP contribution in [0, 0.1) is 11.3 Å². The first-order valence-corrected chi connectivity index (χ1v) is 18.2. The predicted octanol–water partition coefficient (Wildman–Crippen LogP) is 12.0. The van der Waals surface area contributed by atoms with Crippen molar-refractivity contribution in [2.75, 3.05) is 27.9 Å². The van der Waals surface area contributed by atoms with Crippen LogP contribution in [0.5, 0.6) is 17.2 Å². The lowest BCUT2D eigenvalue weighted by atomic mass is 9.73. The molecule has 0 aromatic heterocycles. The minimum absolute atomic E-state index is 0. The van der Waals surface area contributed by atoms with Crippen LogP contribution in [0.15, 0.2) is 52.7 Å². The van der Waals surface area contributed by atoms with Crippen molar-refractivity contribution < 1.29 is 14.2 Å². The van der Waals surface area contributed by atoms with Crippen molar-refractivity contribution in [1.82, 2.24) is 0 Å². The van der Waals surface area contributed by atoms with Crippen LogP contribution in [0.4, 0.5) is 0 Å². The van der Waals surface area contributed by atoms with Crippen LogP contribution in [0.3, 0.4) is 0 Å². The van der Waals surface area contributed by atoms with Gasteiger partial charge in [0.1, 0.15) is 5.75 Å². The molecule has 0 spiro atoms. The molecule has 2 rings (SSSR count). The molecule has 47 heavy (non-hydrogen) atoms. The molecular weight excluding hydrogens is 606 g/mol. The quantitative estimate of drug-likeness (QED) is 0.0700. The maximum absolute atomic E-state index is 10.7. The molecule has 2 aromatic carbocycles. The number of methoxy groups -OCH3 is 2. The summed E-state index contributed by atoms with van der Waals surface area (Å²) < 4.78 is 16.7. The largest absolute Gasteiger partial charge is 0.494 e. The summed E-state index contributed by atoms with van der Waals surface area (Å²) in [5, 5.41) is 19.4. The number of hydrogen-bond acceptors (Lipinski definition) is 6. The van der Waals surface area contributed by atoms with Crippen molar-refractivity contribution in [1.29, 1.82) is 5.26 Å². The topological polar surface area (TPSA) is 76.2 Å². The Balaban J connectivity index is 0.0000110. The van der Waals surface area contributed by atoms with Gasteiger partial charge in [-0.25, -0.2) is 0 Å². The summed E-state index contributed by atoms with van der Waals surface area (Å²) in [4.78, 5) is 0. The zero-order chi connectivity index (χ0) is 33.3. The minimum Gasteiger partial charge on any atom is -0.494 e. The van der Waals surface area contributed by atoms with Gasteiger partial charge in [-0.1, -0.05) is 109 Å². The highest BCUT2D eigenvalue weighted by atomic mass is 35.5. The zero-order valence-corrected chi connectivity index (χ0v) is 31.1. The fourth-order valence-electron chi connectivity index (χ4n) is 6.52. The van der Waals surface area contributed by atoms with E-state index in [1.54, 1.807) is 21.3 Å². The molecule has 0 aliphatic heterocycles. The van der Waals surface area contributed by atoms with Gasteiger partial charge < -0.3 is 14.2 Å². The highest BCUT2D eigenvalue weighted by Gasteiger charge is 2.32. The van der Waals surface area contributed by atoms with Crippen LogP contribution in [-0.4, -0.2) is 33.9 Å². The molecule has 0 amide bonds. The van der Waals surface area contributed by atoms with Crippen molar-refractivity contribution in [3.63, 3.8) is 0 Å². The first kappa shape index (κ1) is 42.2. The van der Waals surface area contributed by atoms with E-state index in [9.17, 15) is 5.26 Å². The van der Waals surface area contributed by atoms with Crippen LogP contribution in [0.1, 0.15) is 141 Å². The van der Waals surface area contributed by atoms with Crippen molar-refractivity contribution in [2.24, 2.45) is 10.2 Å². The van der Waals surface area contributed by atoms with E-state index in [2.05, 4.69) is 41.4 Å². The Bertz CT molecular complexity index is 1150. The van der Waals surface area contributed by atoms with Gasteiger partial charge in [-0.3, -0.25) is 0 Å². The summed E-state index contributed by atoms with van der Waals surface area (Å²) in [5.41, 5.74) is 1.75. The fraction of sp³-hybridized carbons (Fsp3) is 0.675. The second-order valence-corrected chi connectivity index (χ2v) is 12.7. The molecule has 0 heterocycles. The van der Waals surface area contributed by atoms with E-state index in [-0.39, 0.29) is 18.4 Å². The van der Waals surface area contributed by atoms with Gasteiger partial charge in [0.15, 0.2) is 11.5 Å². The Morgan fingerprint density at radius 3 is 1.94 bits per heavy atom. The first-order chi connectivity index (χ1) is 22.5. The molecule has 7 heteroatoms. The summed E-state index contributed by atoms with van der Waals surface area (Å²) in [7, 11) is 5.07. The molecule has 2 atom stereocenters. The maximum atomic E-state index is 10.7. The van der Waals surface area contributed by atoms with Gasteiger partial charge in [-0.15, -0.1) is 12.4 Å². The lowest BCUT2D eigenvalue weighted by Gasteiger charge is -2.28. The molecule has 0 saturated heterocycles. The molecule has 0 aliphatic rings. The zero-order valence-electron chi connectivity index (χ0n) is 30.2. The van der Waals surface area contributed by atoms with Gasteiger partial charge in [0.25, 0.3) is 0 Å². The number of halogens is 1. The number of benzene rings is 2. The lowest BCUT2D eigenvalue weighted by Crippen LogP contribution is -2.25. The third kappa shape index (κ3) is 16.3. The molecule has 0 radical (unpaired) electrons. The summed E-state index contributed by atoms with van der Waals surface area (Å²) in [6, 6.07) is 17.2. The second kappa shape index (κ2) is 26.2. The number of rotatable bonds is 27. The van der Waals surface area contributed by atoms with Crippen molar-refractivity contribution in [3.05, 3.63) is 53.6 Å². The minimum atomic E-state index is -0.526. The molecule has 0 aliphatic carbocycles. The number of azo groups is 1. The average molecular weight is 670 g/mol. The van der Waals surface area contributed by atoms with E-state index in [1.807, 2.05) is 31.2 Å². The molecule has 2 aromatic rings. The van der Waals surface area contributed by atoms with Crippen molar-refractivity contribution in [2.45, 2.75) is 147 Å². The summed E-state index contributed by atoms with van der Waals surface area (Å²) in [6.45, 7) is 4.90. The Labute approximate surface area is 293 Å². The molecule has 0 fully saturated rings. The second-order valence-electron chi connectivity index (χ2n) is 12.7. The van der Waals surface area contributed by atoms with E-state index in [0.29, 0.717) is 6.61 Å². The molecule has 0 saturated carbocycles. The van der Waals surface area contributed by atoms with Crippen molar-refractivity contribution >= 4 is 12.4 Å². The Morgan fingerprint density at radius 2 is 1.36 bits per heavy atom. The van der Waals surface area contributed by atoms with Crippen molar-refractivity contribution in [3.8, 4) is 23.3 Å². The third-order valence-electron chi connectivity index (χ3n) is 9.25. The standard InChI is InChI=1S/C40H63N3O3.ClH/c1-6-8-9-10-11-12-13-14-15-16-17-18-19-29-40(33-41,35-22-20-24-37(32-35)46-7-2)30-21-23-36(43-42-3)27-25-34-26-28-38(44-4)39(31-34)45-5;/h20,22,24,26,28,31-32,36H,6-19,21,23,25,27,29-30H2,1-5H3;1H/b43-42+;. The number of nitriles is 1. The summed E-state index contributed by atoms with van der Waals surface area (Å²) >= 11 is 0. The van der Waals surface area contributed by atoms with Crippen LogP contribution >= 0.6 is 12.4 Å². The Kier molecular flexibility index (Phi) is 23.6. The number of nitrogens with zero attached hydrogens (tertiary/aromatic N) is 3. The first-order valence-electron chi connectivity index (χ1n) is 18.2. The molecule has 264 valence electrons. The third-order valence-corrected chi connectivity index (χ3v) is 9.25. The summed E-state index contributed by atoms with van der Waals surface area (Å²) in [5.74, 6) is 2.33. The Hall–Kier alpha value is -2.78. The van der Waals surface area contributed by atoms with Crippen LogP contribution < -0.4 is 14.2 Å². The summed E-state index contributed by atoms with van der Waals surface area (Å²) in [6.07, 6.45) is 22.5. The normalized spacial score (nSPS) is 13.0. The van der Waals surface area contributed by atoms with Gasteiger partial charge >= 0.3 is 0 Å². The molecule has 6 nitrogen and oxygen atoms in total. The number of unbranched alkanes of at least 4 members (excludes halogenated alkanes) is 12. The smallest absolute Gasteiger partial charge is 0.160 e. The van der Waals surface area contributed by atoms with Gasteiger partial charge in [-0.2, -0.15) is 15.5 Å². The van der Waals surface area contributed by atoms with Gasteiger partial charge in [-0.05, 0) is 80.8 Å². The van der Waals surface area contributed by atoms with Gasteiger partial charge in [0.2, 0.25) is 0 Å². The van der Waals surface area contributed by atoms with E-state index >= 15 is 0 Å². The fourth-order valence-corrected chi connectivity index (χ4v) is 6.52. The Morgan fingerprint density at radius 1 is 0.745 bits per heavy atom. The SMILES string of the molecule is CCCCCCCCCCCCCCCC(C#N)(CCCC(CCc1ccc(OC)c(OC)c1)/N=N/C)c1cccc(OCC)c1.Cl. The van der Waals surface area contributed by atoms with E-state index < -0.39 is 5.41 Å². The van der Waals surface area contributed by atoms with Gasteiger partial charge in [0.05, 0.1) is 38.4 Å². The molecule has 0 N–H and O–H groups in total. The molecular formula is C40H64ClN3O3. The van der Waals surface area contributed by atoms with Gasteiger partial charge in [0, 0.05) is 7.05 Å². The highest BCUT2D eigenvalue weighted by Crippen LogP contribution is 2.37. The van der Waals surface area contributed by atoms with E-state index in [4.69, 9.17) is 14.2 Å². The highest BCUT2D eigenvalue weighted by molar-refractivity contribution is 5.85.